The van der Waals surface area contributed by atoms with Crippen LogP contribution < -0.4 is 0 Å². The van der Waals surface area contributed by atoms with Crippen molar-refractivity contribution in [3.8, 4) is 0 Å². The number of hydrogen-bond donors (Lipinski definition) is 4. The Kier molecular flexibility index (Phi) is 6.81. The van der Waals surface area contributed by atoms with Crippen molar-refractivity contribution in [2.24, 2.45) is 45.3 Å². The molecule has 1 heterocycles. The number of aliphatic hydroxyl groups excluding tert-OH is 2. The molecule has 1 saturated heterocycles. The standard InChI is InChI=1S/C32H52O7/c1-18(33)39-26-16-23-27(2,3)24(34)12-14-30(23,7)22-11-13-29(6)20(9-10-21(29)31(22,26)8)19-15-25(35)32(37,38-17-19)28(4,5)36/h10,19-20,22-26,34-37H,9,11-17H2,1-8H3. The molecule has 3 saturated carbocycles. The van der Waals surface area contributed by atoms with Gasteiger partial charge in [-0.1, -0.05) is 46.3 Å². The molecule has 4 aliphatic carbocycles. The Labute approximate surface area is 234 Å². The highest BCUT2D eigenvalue weighted by Crippen LogP contribution is 2.73. The summed E-state index contributed by atoms with van der Waals surface area (Å²) in [7, 11) is 0. The van der Waals surface area contributed by atoms with Gasteiger partial charge in [-0.05, 0) is 98.7 Å². The van der Waals surface area contributed by atoms with Gasteiger partial charge in [-0.15, -0.1) is 0 Å². The second-order valence-electron chi connectivity index (χ2n) is 15.6. The molecule has 0 bridgehead atoms. The quantitative estimate of drug-likeness (QED) is 0.306. The van der Waals surface area contributed by atoms with Gasteiger partial charge in [0, 0.05) is 12.3 Å². The van der Waals surface area contributed by atoms with Crippen LogP contribution in [-0.4, -0.2) is 62.7 Å². The lowest BCUT2D eigenvalue weighted by atomic mass is 9.37. The number of allylic oxidation sites excluding steroid dienone is 1. The molecule has 5 rings (SSSR count). The monoisotopic (exact) mass is 548 g/mol. The van der Waals surface area contributed by atoms with E-state index in [2.05, 4.69) is 40.7 Å². The van der Waals surface area contributed by atoms with Crippen LogP contribution in [0.3, 0.4) is 0 Å². The molecule has 1 aliphatic heterocycles. The third-order valence-corrected chi connectivity index (χ3v) is 12.9. The third-order valence-electron chi connectivity index (χ3n) is 12.9. The fourth-order valence-corrected chi connectivity index (χ4v) is 10.8. The van der Waals surface area contributed by atoms with E-state index >= 15 is 0 Å². The first-order valence-corrected chi connectivity index (χ1v) is 15.2. The Balaban J connectivity index is 1.49. The highest BCUT2D eigenvalue weighted by Gasteiger charge is 2.69. The van der Waals surface area contributed by atoms with E-state index in [9.17, 15) is 25.2 Å². The van der Waals surface area contributed by atoms with Crippen molar-refractivity contribution in [1.29, 1.82) is 0 Å². The summed E-state index contributed by atoms with van der Waals surface area (Å²) in [5, 5.41) is 43.4. The highest BCUT2D eigenvalue weighted by molar-refractivity contribution is 5.66. The molecule has 7 heteroatoms. The Hall–Kier alpha value is -0.990. The van der Waals surface area contributed by atoms with Gasteiger partial charge in [0.05, 0.1) is 12.7 Å². The molecule has 222 valence electrons. The van der Waals surface area contributed by atoms with Gasteiger partial charge >= 0.3 is 5.97 Å². The van der Waals surface area contributed by atoms with E-state index in [1.807, 2.05) is 0 Å². The number of esters is 1. The minimum absolute atomic E-state index is 0.0295. The minimum atomic E-state index is -1.99. The fourth-order valence-electron chi connectivity index (χ4n) is 10.8. The summed E-state index contributed by atoms with van der Waals surface area (Å²) in [5.41, 5.74) is -0.898. The summed E-state index contributed by atoms with van der Waals surface area (Å²) in [6.07, 6.45) is 6.34. The number of carbonyl (C=O) groups is 1. The molecule has 0 radical (unpaired) electrons. The lowest BCUT2D eigenvalue weighted by molar-refractivity contribution is -0.353. The average Bonchev–Trinajstić information content (AvgIpc) is 3.17. The van der Waals surface area contributed by atoms with Crippen LogP contribution in [0.25, 0.3) is 0 Å². The first-order valence-electron chi connectivity index (χ1n) is 15.2. The summed E-state index contributed by atoms with van der Waals surface area (Å²) >= 11 is 0. The highest BCUT2D eigenvalue weighted by atomic mass is 16.7. The van der Waals surface area contributed by atoms with Crippen molar-refractivity contribution in [3.63, 3.8) is 0 Å². The Morgan fingerprint density at radius 2 is 1.69 bits per heavy atom. The van der Waals surface area contributed by atoms with Crippen LogP contribution in [0.4, 0.5) is 0 Å². The third kappa shape index (κ3) is 3.96. The van der Waals surface area contributed by atoms with Crippen LogP contribution in [0.5, 0.6) is 0 Å². The van der Waals surface area contributed by atoms with Crippen molar-refractivity contribution < 1.29 is 34.7 Å². The summed E-state index contributed by atoms with van der Waals surface area (Å²) in [6, 6.07) is 0. The molecule has 11 unspecified atom stereocenters. The molecule has 11 atom stereocenters. The van der Waals surface area contributed by atoms with Crippen LogP contribution >= 0.6 is 0 Å². The van der Waals surface area contributed by atoms with E-state index in [0.29, 0.717) is 12.3 Å². The van der Waals surface area contributed by atoms with Gasteiger partial charge in [-0.25, -0.2) is 0 Å². The molecule has 0 amide bonds. The van der Waals surface area contributed by atoms with Crippen molar-refractivity contribution in [3.05, 3.63) is 11.6 Å². The van der Waals surface area contributed by atoms with Crippen LogP contribution in [-0.2, 0) is 14.3 Å². The largest absolute Gasteiger partial charge is 0.462 e. The Bertz CT molecular complexity index is 1030. The molecule has 7 nitrogen and oxygen atoms in total. The van der Waals surface area contributed by atoms with E-state index in [0.717, 1.165) is 38.5 Å². The van der Waals surface area contributed by atoms with E-state index < -0.39 is 17.5 Å². The maximum atomic E-state index is 12.5. The number of carbonyl (C=O) groups excluding carboxylic acids is 1. The molecule has 39 heavy (non-hydrogen) atoms. The fraction of sp³-hybridized carbons (Fsp3) is 0.906. The Morgan fingerprint density at radius 3 is 2.28 bits per heavy atom. The zero-order valence-electron chi connectivity index (χ0n) is 25.3. The molecule has 4 N–H and O–H groups in total. The topological polar surface area (TPSA) is 116 Å². The Morgan fingerprint density at radius 1 is 1.03 bits per heavy atom. The van der Waals surface area contributed by atoms with Gasteiger partial charge in [0.2, 0.25) is 5.79 Å². The van der Waals surface area contributed by atoms with E-state index in [4.69, 9.17) is 9.47 Å². The van der Waals surface area contributed by atoms with Gasteiger partial charge in [0.1, 0.15) is 17.8 Å². The minimum Gasteiger partial charge on any atom is -0.462 e. The lowest BCUT2D eigenvalue weighted by Gasteiger charge is -2.69. The van der Waals surface area contributed by atoms with Gasteiger partial charge < -0.3 is 29.9 Å². The average molecular weight is 549 g/mol. The maximum Gasteiger partial charge on any atom is 0.302 e. The molecule has 0 aromatic carbocycles. The van der Waals surface area contributed by atoms with E-state index in [1.165, 1.54) is 26.3 Å². The van der Waals surface area contributed by atoms with Crippen molar-refractivity contribution in [2.45, 2.75) is 130 Å². The number of hydrogen-bond acceptors (Lipinski definition) is 7. The molecule has 4 fully saturated rings. The predicted octanol–water partition coefficient (Wildman–Crippen LogP) is 4.35. The summed E-state index contributed by atoms with van der Waals surface area (Å²) < 4.78 is 12.1. The lowest BCUT2D eigenvalue weighted by Crippen LogP contribution is -2.66. The normalized spacial score (nSPS) is 51.3. The zero-order valence-corrected chi connectivity index (χ0v) is 25.3. The molecule has 0 spiro atoms. The predicted molar refractivity (Wildman–Crippen MR) is 147 cm³/mol. The maximum absolute atomic E-state index is 12.5. The summed E-state index contributed by atoms with van der Waals surface area (Å²) in [4.78, 5) is 12.5. The SMILES string of the molecule is CC(=O)OC1CC2C(C)(C)C(O)CCC2(C)C2CCC3(C)C(=CCC3C3COC(O)(C(C)(C)O)C(O)C3)C12C. The van der Waals surface area contributed by atoms with Crippen LogP contribution in [0.15, 0.2) is 11.6 Å². The molecule has 0 aromatic rings. The number of rotatable bonds is 3. The van der Waals surface area contributed by atoms with Crippen molar-refractivity contribution >= 4 is 5.97 Å². The van der Waals surface area contributed by atoms with E-state index in [1.54, 1.807) is 0 Å². The molecular formula is C32H52O7. The smallest absolute Gasteiger partial charge is 0.302 e. The molecular weight excluding hydrogens is 496 g/mol. The molecule has 5 aliphatic rings. The second kappa shape index (κ2) is 9.00. The summed E-state index contributed by atoms with van der Waals surface area (Å²) in [5.74, 6) is -1.42. The second-order valence-corrected chi connectivity index (χ2v) is 15.6. The van der Waals surface area contributed by atoms with Crippen molar-refractivity contribution in [1.82, 2.24) is 0 Å². The number of fused-ring (bicyclic) bond motifs is 5. The van der Waals surface area contributed by atoms with Gasteiger partial charge in [0.25, 0.3) is 0 Å². The van der Waals surface area contributed by atoms with Crippen LogP contribution in [0.2, 0.25) is 0 Å². The van der Waals surface area contributed by atoms with E-state index in [-0.39, 0.29) is 64.2 Å². The van der Waals surface area contributed by atoms with Crippen LogP contribution in [0, 0.1) is 45.3 Å². The van der Waals surface area contributed by atoms with Crippen molar-refractivity contribution in [2.75, 3.05) is 6.61 Å². The zero-order chi connectivity index (χ0) is 29.0. The van der Waals surface area contributed by atoms with Gasteiger partial charge in [-0.3, -0.25) is 4.79 Å². The van der Waals surface area contributed by atoms with Crippen LogP contribution in [0.1, 0.15) is 100 Å². The number of ether oxygens (including phenoxy) is 2. The van der Waals surface area contributed by atoms with Gasteiger partial charge in [0.15, 0.2) is 0 Å². The summed E-state index contributed by atoms with van der Waals surface area (Å²) in [6.45, 7) is 16.2. The molecule has 0 aromatic heterocycles. The van der Waals surface area contributed by atoms with Gasteiger partial charge in [-0.2, -0.15) is 0 Å². The first-order chi connectivity index (χ1) is 17.8. The first kappa shape index (κ1) is 29.5. The number of aliphatic hydroxyl groups is 4.